The largest absolute Gasteiger partial charge is 0.493 e. The molecule has 0 heterocycles. The number of carbonyl (C=O) groups is 1. The number of benzene rings is 3. The van der Waals surface area contributed by atoms with Gasteiger partial charge in [-0.3, -0.25) is 4.79 Å². The molecule has 28 heavy (non-hydrogen) atoms. The summed E-state index contributed by atoms with van der Waals surface area (Å²) in [7, 11) is 1.59. The van der Waals surface area contributed by atoms with Crippen LogP contribution in [0.5, 0.6) is 11.5 Å². The van der Waals surface area contributed by atoms with E-state index in [-0.39, 0.29) is 12.3 Å². The third kappa shape index (κ3) is 5.71. The fraction of sp³-hybridized carbons (Fsp3) is 0.130. The minimum absolute atomic E-state index is 0.169. The number of nitrogens with zero attached hydrogens (tertiary/aromatic N) is 1. The Labute approximate surface area is 164 Å². The average Bonchev–Trinajstić information content (AvgIpc) is 2.74. The molecule has 1 N–H and O–H groups in total. The zero-order valence-electron chi connectivity index (χ0n) is 15.7. The zero-order valence-corrected chi connectivity index (χ0v) is 15.7. The summed E-state index contributed by atoms with van der Waals surface area (Å²) < 4.78 is 11.2. The van der Waals surface area contributed by atoms with E-state index >= 15 is 0 Å². The first kappa shape index (κ1) is 19.2. The topological polar surface area (TPSA) is 59.9 Å². The fourth-order valence-electron chi connectivity index (χ4n) is 2.62. The quantitative estimate of drug-likeness (QED) is 0.479. The first-order valence-corrected chi connectivity index (χ1v) is 8.95. The van der Waals surface area contributed by atoms with Crippen LogP contribution in [0.15, 0.2) is 84.0 Å². The maximum atomic E-state index is 11.9. The lowest BCUT2D eigenvalue weighted by atomic mass is 10.1. The van der Waals surface area contributed by atoms with Crippen molar-refractivity contribution in [2.75, 3.05) is 7.11 Å². The van der Waals surface area contributed by atoms with Crippen molar-refractivity contribution in [3.8, 4) is 11.5 Å². The maximum Gasteiger partial charge on any atom is 0.244 e. The van der Waals surface area contributed by atoms with Gasteiger partial charge in [-0.15, -0.1) is 0 Å². The number of hydrogen-bond acceptors (Lipinski definition) is 4. The molecule has 0 aliphatic heterocycles. The highest BCUT2D eigenvalue weighted by Gasteiger charge is 2.06. The number of carbonyl (C=O) groups excluding carboxylic acids is 1. The van der Waals surface area contributed by atoms with Gasteiger partial charge in [-0.25, -0.2) is 5.43 Å². The highest BCUT2D eigenvalue weighted by atomic mass is 16.5. The van der Waals surface area contributed by atoms with Crippen molar-refractivity contribution >= 4 is 12.1 Å². The van der Waals surface area contributed by atoms with E-state index in [1.807, 2.05) is 78.9 Å². The number of methoxy groups -OCH3 is 1. The van der Waals surface area contributed by atoms with Crippen LogP contribution in [0.2, 0.25) is 0 Å². The molecule has 3 rings (SSSR count). The molecule has 0 spiro atoms. The van der Waals surface area contributed by atoms with Crippen molar-refractivity contribution in [1.29, 1.82) is 0 Å². The van der Waals surface area contributed by atoms with Crippen LogP contribution in [0.4, 0.5) is 0 Å². The molecule has 3 aromatic carbocycles. The first-order chi connectivity index (χ1) is 13.7. The lowest BCUT2D eigenvalue weighted by Gasteiger charge is -2.11. The minimum atomic E-state index is -0.169. The lowest BCUT2D eigenvalue weighted by Crippen LogP contribution is -2.19. The van der Waals surface area contributed by atoms with E-state index < -0.39 is 0 Å². The molecule has 0 unspecified atom stereocenters. The van der Waals surface area contributed by atoms with Gasteiger partial charge in [-0.2, -0.15) is 5.10 Å². The Morgan fingerprint density at radius 1 is 0.929 bits per heavy atom. The van der Waals surface area contributed by atoms with Gasteiger partial charge < -0.3 is 9.47 Å². The van der Waals surface area contributed by atoms with Crippen molar-refractivity contribution in [3.63, 3.8) is 0 Å². The van der Waals surface area contributed by atoms with Crippen molar-refractivity contribution in [3.05, 3.63) is 95.6 Å². The van der Waals surface area contributed by atoms with Gasteiger partial charge in [0.05, 0.1) is 19.7 Å². The summed E-state index contributed by atoms with van der Waals surface area (Å²) in [6.45, 7) is 0.459. The number of rotatable bonds is 8. The van der Waals surface area contributed by atoms with E-state index in [1.54, 1.807) is 13.3 Å². The monoisotopic (exact) mass is 374 g/mol. The Morgan fingerprint density at radius 2 is 1.61 bits per heavy atom. The molecule has 0 saturated heterocycles. The van der Waals surface area contributed by atoms with Gasteiger partial charge in [-0.1, -0.05) is 60.7 Å². The molecular formula is C23H22N2O3. The van der Waals surface area contributed by atoms with Crippen LogP contribution in [-0.4, -0.2) is 19.2 Å². The van der Waals surface area contributed by atoms with Crippen LogP contribution in [0.25, 0.3) is 0 Å². The van der Waals surface area contributed by atoms with Gasteiger partial charge in [0.25, 0.3) is 0 Å². The van der Waals surface area contributed by atoms with Gasteiger partial charge >= 0.3 is 0 Å². The summed E-state index contributed by atoms with van der Waals surface area (Å²) in [6, 6.07) is 25.0. The lowest BCUT2D eigenvalue weighted by molar-refractivity contribution is -0.120. The Kier molecular flexibility index (Phi) is 6.79. The second-order valence-electron chi connectivity index (χ2n) is 6.14. The SMILES string of the molecule is COc1cc(/C=N\NC(=O)Cc2ccccc2)ccc1OCc1ccccc1. The summed E-state index contributed by atoms with van der Waals surface area (Å²) in [4.78, 5) is 11.9. The van der Waals surface area contributed by atoms with Crippen molar-refractivity contribution in [1.82, 2.24) is 5.43 Å². The summed E-state index contributed by atoms with van der Waals surface area (Å²) in [6.07, 6.45) is 1.86. The third-order valence-corrected chi connectivity index (χ3v) is 4.04. The Morgan fingerprint density at radius 3 is 2.29 bits per heavy atom. The van der Waals surface area contributed by atoms with E-state index in [9.17, 15) is 4.79 Å². The Hall–Kier alpha value is -3.60. The van der Waals surface area contributed by atoms with Crippen LogP contribution in [0.1, 0.15) is 16.7 Å². The van der Waals surface area contributed by atoms with Gasteiger partial charge in [-0.05, 0) is 34.9 Å². The van der Waals surface area contributed by atoms with Gasteiger partial charge in [0, 0.05) is 0 Å². The van der Waals surface area contributed by atoms with Crippen molar-refractivity contribution < 1.29 is 14.3 Å². The van der Waals surface area contributed by atoms with E-state index in [0.29, 0.717) is 18.1 Å². The van der Waals surface area contributed by atoms with Gasteiger partial charge in [0.15, 0.2) is 11.5 Å². The molecule has 0 fully saturated rings. The Balaban J connectivity index is 1.56. The fourth-order valence-corrected chi connectivity index (χ4v) is 2.62. The van der Waals surface area contributed by atoms with E-state index in [2.05, 4.69) is 10.5 Å². The van der Waals surface area contributed by atoms with Crippen LogP contribution in [-0.2, 0) is 17.8 Å². The summed E-state index contributed by atoms with van der Waals surface area (Å²) in [5.41, 5.74) is 5.35. The summed E-state index contributed by atoms with van der Waals surface area (Å²) in [5.74, 6) is 1.09. The average molecular weight is 374 g/mol. The predicted molar refractivity (Wildman–Crippen MR) is 110 cm³/mol. The molecule has 0 bridgehead atoms. The number of hydrogen-bond donors (Lipinski definition) is 1. The molecule has 5 nitrogen and oxygen atoms in total. The zero-order chi connectivity index (χ0) is 19.6. The molecule has 5 heteroatoms. The van der Waals surface area contributed by atoms with Crippen molar-refractivity contribution in [2.24, 2.45) is 5.10 Å². The van der Waals surface area contributed by atoms with Gasteiger partial charge in [0.2, 0.25) is 5.91 Å². The highest BCUT2D eigenvalue weighted by molar-refractivity contribution is 5.84. The molecule has 0 radical (unpaired) electrons. The molecule has 0 aromatic heterocycles. The molecule has 1 amide bonds. The second kappa shape index (κ2) is 9.92. The summed E-state index contributed by atoms with van der Waals surface area (Å²) in [5, 5.41) is 4.02. The maximum absolute atomic E-state index is 11.9. The number of ether oxygens (including phenoxy) is 2. The number of nitrogens with one attached hydrogen (secondary N) is 1. The van der Waals surface area contributed by atoms with Gasteiger partial charge in [0.1, 0.15) is 6.61 Å². The molecular weight excluding hydrogens is 352 g/mol. The van der Waals surface area contributed by atoms with Crippen LogP contribution >= 0.6 is 0 Å². The third-order valence-electron chi connectivity index (χ3n) is 4.04. The van der Waals surface area contributed by atoms with Crippen molar-refractivity contribution in [2.45, 2.75) is 13.0 Å². The van der Waals surface area contributed by atoms with Crippen LogP contribution in [0, 0.1) is 0 Å². The predicted octanol–water partition coefficient (Wildman–Crippen LogP) is 3.97. The van der Waals surface area contributed by atoms with Crippen LogP contribution < -0.4 is 14.9 Å². The molecule has 0 saturated carbocycles. The smallest absolute Gasteiger partial charge is 0.244 e. The molecule has 0 atom stereocenters. The molecule has 142 valence electrons. The number of hydrazone groups is 1. The van der Waals surface area contributed by atoms with E-state index in [4.69, 9.17) is 9.47 Å². The summed E-state index contributed by atoms with van der Waals surface area (Å²) >= 11 is 0. The van der Waals surface area contributed by atoms with E-state index in [1.165, 1.54) is 0 Å². The molecule has 0 aliphatic rings. The molecule has 3 aromatic rings. The minimum Gasteiger partial charge on any atom is -0.493 e. The first-order valence-electron chi connectivity index (χ1n) is 8.95. The highest BCUT2D eigenvalue weighted by Crippen LogP contribution is 2.28. The number of amides is 1. The van der Waals surface area contributed by atoms with E-state index in [0.717, 1.165) is 16.7 Å². The Bertz CT molecular complexity index is 925. The standard InChI is InChI=1S/C23H22N2O3/c1-27-22-14-20(12-13-21(22)28-17-19-10-6-3-7-11-19)16-24-25-23(26)15-18-8-4-2-5-9-18/h2-14,16H,15,17H2,1H3,(H,25,26)/b24-16-. The normalized spacial score (nSPS) is 10.6. The second-order valence-corrected chi connectivity index (χ2v) is 6.14. The molecule has 0 aliphatic carbocycles. The van der Waals surface area contributed by atoms with Crippen LogP contribution in [0.3, 0.4) is 0 Å².